The molecular formula is C17H20N2O3. The SMILES string of the molecule is O=C(O)C[C@@H]1CCNC[C@H]1Cc1cc(-c2ccccc2)on1. The third-order valence-corrected chi connectivity index (χ3v) is 4.29. The van der Waals surface area contributed by atoms with Crippen LogP contribution in [0.1, 0.15) is 18.5 Å². The highest BCUT2D eigenvalue weighted by Gasteiger charge is 2.28. The number of nitrogens with zero attached hydrogens (tertiary/aromatic N) is 1. The van der Waals surface area contributed by atoms with E-state index in [0.29, 0.717) is 5.92 Å². The molecule has 0 amide bonds. The Balaban J connectivity index is 1.69. The van der Waals surface area contributed by atoms with Crippen LogP contribution >= 0.6 is 0 Å². The lowest BCUT2D eigenvalue weighted by molar-refractivity contribution is -0.138. The van der Waals surface area contributed by atoms with E-state index in [9.17, 15) is 4.79 Å². The molecule has 116 valence electrons. The first-order valence-electron chi connectivity index (χ1n) is 7.66. The highest BCUT2D eigenvalue weighted by atomic mass is 16.5. The molecule has 22 heavy (non-hydrogen) atoms. The maximum atomic E-state index is 11.0. The Hall–Kier alpha value is -2.14. The molecule has 1 aromatic heterocycles. The van der Waals surface area contributed by atoms with Gasteiger partial charge in [0.1, 0.15) is 0 Å². The minimum atomic E-state index is -0.720. The fourth-order valence-electron chi connectivity index (χ4n) is 3.12. The van der Waals surface area contributed by atoms with Gasteiger partial charge in [0, 0.05) is 18.1 Å². The van der Waals surface area contributed by atoms with Crippen LogP contribution in [0.25, 0.3) is 11.3 Å². The Morgan fingerprint density at radius 2 is 2.14 bits per heavy atom. The van der Waals surface area contributed by atoms with E-state index < -0.39 is 5.97 Å². The number of nitrogens with one attached hydrogen (secondary N) is 1. The first-order chi connectivity index (χ1) is 10.7. The summed E-state index contributed by atoms with van der Waals surface area (Å²) in [6.07, 6.45) is 1.89. The van der Waals surface area contributed by atoms with E-state index in [0.717, 1.165) is 42.9 Å². The molecule has 1 aliphatic rings. The number of piperidine rings is 1. The molecule has 0 aliphatic carbocycles. The first-order valence-corrected chi connectivity index (χ1v) is 7.66. The Labute approximate surface area is 129 Å². The molecule has 5 heteroatoms. The monoisotopic (exact) mass is 300 g/mol. The van der Waals surface area contributed by atoms with Crippen molar-refractivity contribution >= 4 is 5.97 Å². The first kappa shape index (κ1) is 14.8. The average Bonchev–Trinajstić information content (AvgIpc) is 2.98. The summed E-state index contributed by atoms with van der Waals surface area (Å²) >= 11 is 0. The molecule has 0 saturated carbocycles. The zero-order valence-electron chi connectivity index (χ0n) is 12.4. The zero-order chi connectivity index (χ0) is 15.4. The Bertz CT molecular complexity index is 624. The largest absolute Gasteiger partial charge is 0.481 e. The predicted octanol–water partition coefficient (Wildman–Crippen LogP) is 2.58. The lowest BCUT2D eigenvalue weighted by Crippen LogP contribution is -2.38. The van der Waals surface area contributed by atoms with Crippen LogP contribution < -0.4 is 5.32 Å². The molecule has 2 atom stereocenters. The molecule has 2 heterocycles. The molecule has 2 N–H and O–H groups in total. The third-order valence-electron chi connectivity index (χ3n) is 4.29. The van der Waals surface area contributed by atoms with Crippen molar-refractivity contribution in [1.82, 2.24) is 10.5 Å². The van der Waals surface area contributed by atoms with Crippen LogP contribution in [0.2, 0.25) is 0 Å². The van der Waals surface area contributed by atoms with Gasteiger partial charge in [0.15, 0.2) is 5.76 Å². The van der Waals surface area contributed by atoms with Gasteiger partial charge in [0.2, 0.25) is 0 Å². The molecule has 1 aliphatic heterocycles. The summed E-state index contributed by atoms with van der Waals surface area (Å²) < 4.78 is 5.42. The highest BCUT2D eigenvalue weighted by molar-refractivity contribution is 5.67. The minimum absolute atomic E-state index is 0.204. The normalized spacial score (nSPS) is 21.6. The van der Waals surface area contributed by atoms with Gasteiger partial charge in [-0.1, -0.05) is 35.5 Å². The molecule has 2 aromatic rings. The number of hydrogen-bond acceptors (Lipinski definition) is 4. The van der Waals surface area contributed by atoms with E-state index in [1.165, 1.54) is 0 Å². The smallest absolute Gasteiger partial charge is 0.303 e. The summed E-state index contributed by atoms with van der Waals surface area (Å²) in [6, 6.07) is 11.8. The number of carbonyl (C=O) groups is 1. The highest BCUT2D eigenvalue weighted by Crippen LogP contribution is 2.27. The maximum absolute atomic E-state index is 11.0. The lowest BCUT2D eigenvalue weighted by Gasteiger charge is -2.30. The topological polar surface area (TPSA) is 75.4 Å². The van der Waals surface area contributed by atoms with Crippen molar-refractivity contribution in [2.75, 3.05) is 13.1 Å². The van der Waals surface area contributed by atoms with Gasteiger partial charge >= 0.3 is 5.97 Å². The summed E-state index contributed by atoms with van der Waals surface area (Å²) in [7, 11) is 0. The van der Waals surface area contributed by atoms with Gasteiger partial charge < -0.3 is 14.9 Å². The number of benzene rings is 1. The van der Waals surface area contributed by atoms with Crippen LogP contribution in [-0.4, -0.2) is 29.3 Å². The second kappa shape index (κ2) is 6.75. The maximum Gasteiger partial charge on any atom is 0.303 e. The number of carboxylic acids is 1. The van der Waals surface area contributed by atoms with Crippen LogP contribution in [0, 0.1) is 11.8 Å². The molecule has 5 nitrogen and oxygen atoms in total. The van der Waals surface area contributed by atoms with Gasteiger partial charge in [0.25, 0.3) is 0 Å². The Morgan fingerprint density at radius 1 is 1.32 bits per heavy atom. The van der Waals surface area contributed by atoms with Gasteiger partial charge in [-0.2, -0.15) is 0 Å². The molecule has 0 radical (unpaired) electrons. The average molecular weight is 300 g/mol. The number of hydrogen-bond donors (Lipinski definition) is 2. The number of aliphatic carboxylic acids is 1. The summed E-state index contributed by atoms with van der Waals surface area (Å²) in [4.78, 5) is 11.0. The molecular weight excluding hydrogens is 280 g/mol. The Morgan fingerprint density at radius 3 is 2.91 bits per heavy atom. The van der Waals surface area contributed by atoms with Crippen LogP contribution in [0.5, 0.6) is 0 Å². The summed E-state index contributed by atoms with van der Waals surface area (Å²) in [5, 5.41) is 16.5. The van der Waals surface area contributed by atoms with Crippen LogP contribution in [0.15, 0.2) is 40.9 Å². The van der Waals surface area contributed by atoms with E-state index >= 15 is 0 Å². The molecule has 0 unspecified atom stereocenters. The third kappa shape index (κ3) is 3.54. The second-order valence-electron chi connectivity index (χ2n) is 5.86. The van der Waals surface area contributed by atoms with Crippen LogP contribution in [-0.2, 0) is 11.2 Å². The molecule has 1 fully saturated rings. The fourth-order valence-corrected chi connectivity index (χ4v) is 3.12. The van der Waals surface area contributed by atoms with E-state index in [1.54, 1.807) is 0 Å². The van der Waals surface area contributed by atoms with Gasteiger partial charge in [0.05, 0.1) is 5.69 Å². The Kier molecular flexibility index (Phi) is 4.53. The van der Waals surface area contributed by atoms with Gasteiger partial charge in [-0.05, 0) is 37.8 Å². The second-order valence-corrected chi connectivity index (χ2v) is 5.86. The zero-order valence-corrected chi connectivity index (χ0v) is 12.4. The number of rotatable bonds is 5. The number of aromatic nitrogens is 1. The minimum Gasteiger partial charge on any atom is -0.481 e. The van der Waals surface area contributed by atoms with Crippen LogP contribution in [0.4, 0.5) is 0 Å². The molecule has 3 rings (SSSR count). The predicted molar refractivity (Wildman–Crippen MR) is 82.4 cm³/mol. The molecule has 1 aromatic carbocycles. The van der Waals surface area contributed by atoms with E-state index in [2.05, 4.69) is 10.5 Å². The fraction of sp³-hybridized carbons (Fsp3) is 0.412. The van der Waals surface area contributed by atoms with Crippen molar-refractivity contribution < 1.29 is 14.4 Å². The van der Waals surface area contributed by atoms with E-state index in [1.807, 2.05) is 36.4 Å². The van der Waals surface area contributed by atoms with Crippen LogP contribution in [0.3, 0.4) is 0 Å². The van der Waals surface area contributed by atoms with Crippen molar-refractivity contribution in [3.63, 3.8) is 0 Å². The molecule has 1 saturated heterocycles. The molecule has 0 bridgehead atoms. The summed E-state index contributed by atoms with van der Waals surface area (Å²) in [5.41, 5.74) is 1.90. The van der Waals surface area contributed by atoms with Crippen molar-refractivity contribution in [1.29, 1.82) is 0 Å². The van der Waals surface area contributed by atoms with E-state index in [4.69, 9.17) is 9.63 Å². The lowest BCUT2D eigenvalue weighted by atomic mass is 9.81. The number of carboxylic acid groups (broad SMARTS) is 1. The summed E-state index contributed by atoms with van der Waals surface area (Å²) in [6.45, 7) is 1.73. The van der Waals surface area contributed by atoms with Crippen molar-refractivity contribution in [2.24, 2.45) is 11.8 Å². The van der Waals surface area contributed by atoms with E-state index in [-0.39, 0.29) is 12.3 Å². The van der Waals surface area contributed by atoms with Gasteiger partial charge in [-0.3, -0.25) is 4.79 Å². The standard InChI is InChI=1S/C17H20N2O3/c20-17(21)9-13-6-7-18-11-14(13)8-15-10-16(22-19-15)12-4-2-1-3-5-12/h1-5,10,13-14,18H,6-9,11H2,(H,20,21)/t13-,14+/m0/s1. The quantitative estimate of drug-likeness (QED) is 0.887. The van der Waals surface area contributed by atoms with Gasteiger partial charge in [-0.25, -0.2) is 0 Å². The van der Waals surface area contributed by atoms with Gasteiger partial charge in [-0.15, -0.1) is 0 Å². The molecule has 0 spiro atoms. The summed E-state index contributed by atoms with van der Waals surface area (Å²) in [5.74, 6) is 0.533. The van der Waals surface area contributed by atoms with Crippen molar-refractivity contribution in [2.45, 2.75) is 19.3 Å². The van der Waals surface area contributed by atoms with Crippen molar-refractivity contribution in [3.8, 4) is 11.3 Å². The van der Waals surface area contributed by atoms with Crippen molar-refractivity contribution in [3.05, 3.63) is 42.1 Å².